The molecule has 1 atom stereocenters. The standard InChI is InChI=1S/C13H19ClN2O/c1-3-4-5-7-10(2)16-13(17)11-8-6-9-15-12(11)14/h6,8-10H,3-5,7H2,1-2H3,(H,16,17). The van der Waals surface area contributed by atoms with Crippen molar-refractivity contribution in [1.82, 2.24) is 10.3 Å². The third kappa shape index (κ3) is 4.73. The van der Waals surface area contributed by atoms with Gasteiger partial charge in [-0.3, -0.25) is 4.79 Å². The van der Waals surface area contributed by atoms with Crippen molar-refractivity contribution in [3.05, 3.63) is 29.0 Å². The third-order valence-corrected chi connectivity index (χ3v) is 2.92. The number of rotatable bonds is 6. The molecule has 1 unspecified atom stereocenters. The van der Waals surface area contributed by atoms with Crippen molar-refractivity contribution in [2.75, 3.05) is 0 Å². The first-order chi connectivity index (χ1) is 8.15. The van der Waals surface area contributed by atoms with E-state index in [-0.39, 0.29) is 17.1 Å². The zero-order chi connectivity index (χ0) is 12.7. The number of nitrogens with zero attached hydrogens (tertiary/aromatic N) is 1. The topological polar surface area (TPSA) is 42.0 Å². The molecule has 94 valence electrons. The monoisotopic (exact) mass is 254 g/mol. The van der Waals surface area contributed by atoms with Crippen LogP contribution in [0.4, 0.5) is 0 Å². The Balaban J connectivity index is 2.46. The van der Waals surface area contributed by atoms with Crippen LogP contribution in [-0.2, 0) is 0 Å². The zero-order valence-corrected chi connectivity index (χ0v) is 11.1. The van der Waals surface area contributed by atoms with E-state index in [9.17, 15) is 4.79 Å². The van der Waals surface area contributed by atoms with Gasteiger partial charge in [0, 0.05) is 12.2 Å². The first-order valence-corrected chi connectivity index (χ1v) is 6.44. The van der Waals surface area contributed by atoms with Crippen molar-refractivity contribution in [2.24, 2.45) is 0 Å². The number of unbranched alkanes of at least 4 members (excludes halogenated alkanes) is 2. The summed E-state index contributed by atoms with van der Waals surface area (Å²) in [6.45, 7) is 4.18. The maximum Gasteiger partial charge on any atom is 0.254 e. The number of carbonyl (C=O) groups is 1. The lowest BCUT2D eigenvalue weighted by Crippen LogP contribution is -2.32. The molecule has 0 aliphatic rings. The van der Waals surface area contributed by atoms with Crippen LogP contribution in [-0.4, -0.2) is 16.9 Å². The Morgan fingerprint density at radius 3 is 2.94 bits per heavy atom. The summed E-state index contributed by atoms with van der Waals surface area (Å²) in [7, 11) is 0. The molecule has 0 fully saturated rings. The first-order valence-electron chi connectivity index (χ1n) is 6.06. The normalized spacial score (nSPS) is 12.2. The molecule has 0 aliphatic carbocycles. The van der Waals surface area contributed by atoms with Crippen molar-refractivity contribution in [3.8, 4) is 0 Å². The molecule has 1 rings (SSSR count). The van der Waals surface area contributed by atoms with Gasteiger partial charge in [0.2, 0.25) is 0 Å². The van der Waals surface area contributed by atoms with Gasteiger partial charge >= 0.3 is 0 Å². The van der Waals surface area contributed by atoms with Gasteiger partial charge < -0.3 is 5.32 Å². The lowest BCUT2D eigenvalue weighted by Gasteiger charge is -2.13. The fourth-order valence-corrected chi connectivity index (χ4v) is 1.83. The fourth-order valence-electron chi connectivity index (χ4n) is 1.63. The lowest BCUT2D eigenvalue weighted by molar-refractivity contribution is 0.0937. The molecular formula is C13H19ClN2O. The first kappa shape index (κ1) is 14.0. The Bertz CT molecular complexity index is 368. The van der Waals surface area contributed by atoms with Gasteiger partial charge in [0.25, 0.3) is 5.91 Å². The highest BCUT2D eigenvalue weighted by molar-refractivity contribution is 6.32. The third-order valence-electron chi connectivity index (χ3n) is 2.62. The largest absolute Gasteiger partial charge is 0.349 e. The quantitative estimate of drug-likeness (QED) is 0.624. The Hall–Kier alpha value is -1.09. The predicted molar refractivity (Wildman–Crippen MR) is 70.3 cm³/mol. The van der Waals surface area contributed by atoms with Crippen molar-refractivity contribution in [3.63, 3.8) is 0 Å². The number of nitrogens with one attached hydrogen (secondary N) is 1. The summed E-state index contributed by atoms with van der Waals surface area (Å²) in [5.74, 6) is -0.146. The van der Waals surface area contributed by atoms with Crippen LogP contribution in [0.25, 0.3) is 0 Å². The van der Waals surface area contributed by atoms with Gasteiger partial charge in [-0.25, -0.2) is 4.98 Å². The second-order valence-corrected chi connectivity index (χ2v) is 4.57. The van der Waals surface area contributed by atoms with Gasteiger partial charge in [0.15, 0.2) is 0 Å². The van der Waals surface area contributed by atoms with Crippen LogP contribution in [0, 0.1) is 0 Å². The van der Waals surface area contributed by atoms with E-state index >= 15 is 0 Å². The van der Waals surface area contributed by atoms with E-state index < -0.39 is 0 Å². The highest BCUT2D eigenvalue weighted by Crippen LogP contribution is 2.12. The van der Waals surface area contributed by atoms with Crippen LogP contribution in [0.2, 0.25) is 5.15 Å². The summed E-state index contributed by atoms with van der Waals surface area (Å²) in [5, 5.41) is 3.19. The molecule has 0 aliphatic heterocycles. The van der Waals surface area contributed by atoms with Crippen LogP contribution < -0.4 is 5.32 Å². The van der Waals surface area contributed by atoms with Gasteiger partial charge in [-0.05, 0) is 25.5 Å². The van der Waals surface area contributed by atoms with E-state index in [1.807, 2.05) is 6.92 Å². The average molecular weight is 255 g/mol. The summed E-state index contributed by atoms with van der Waals surface area (Å²) in [6, 6.07) is 3.57. The summed E-state index contributed by atoms with van der Waals surface area (Å²) in [6.07, 6.45) is 6.10. The van der Waals surface area contributed by atoms with E-state index in [0.717, 1.165) is 12.8 Å². The van der Waals surface area contributed by atoms with Crippen LogP contribution in [0.1, 0.15) is 49.9 Å². The molecule has 0 radical (unpaired) electrons. The minimum Gasteiger partial charge on any atom is -0.349 e. The van der Waals surface area contributed by atoms with Gasteiger partial charge in [-0.2, -0.15) is 0 Å². The molecule has 1 aromatic heterocycles. The fraction of sp³-hybridized carbons (Fsp3) is 0.538. The van der Waals surface area contributed by atoms with E-state index in [4.69, 9.17) is 11.6 Å². The van der Waals surface area contributed by atoms with Gasteiger partial charge in [0.1, 0.15) is 5.15 Å². The van der Waals surface area contributed by atoms with E-state index in [0.29, 0.717) is 5.56 Å². The highest BCUT2D eigenvalue weighted by Gasteiger charge is 2.12. The second-order valence-electron chi connectivity index (χ2n) is 4.21. The zero-order valence-electron chi connectivity index (χ0n) is 10.4. The molecule has 1 N–H and O–H groups in total. The van der Waals surface area contributed by atoms with Gasteiger partial charge in [0.05, 0.1) is 5.56 Å². The number of pyridine rings is 1. The molecule has 17 heavy (non-hydrogen) atoms. The summed E-state index contributed by atoms with van der Waals surface area (Å²) >= 11 is 5.86. The molecule has 0 saturated heterocycles. The molecule has 0 aromatic carbocycles. The molecule has 0 saturated carbocycles. The highest BCUT2D eigenvalue weighted by atomic mass is 35.5. The predicted octanol–water partition coefficient (Wildman–Crippen LogP) is 3.43. The van der Waals surface area contributed by atoms with Crippen LogP contribution in [0.5, 0.6) is 0 Å². The summed E-state index contributed by atoms with van der Waals surface area (Å²) < 4.78 is 0. The molecule has 1 heterocycles. The average Bonchev–Trinajstić information content (AvgIpc) is 2.29. The Kier molecular flexibility index (Phi) is 5.98. The van der Waals surface area contributed by atoms with Crippen molar-refractivity contribution in [1.29, 1.82) is 0 Å². The maximum atomic E-state index is 11.9. The van der Waals surface area contributed by atoms with Crippen LogP contribution in [0.3, 0.4) is 0 Å². The van der Waals surface area contributed by atoms with Crippen LogP contribution in [0.15, 0.2) is 18.3 Å². The Morgan fingerprint density at radius 2 is 2.29 bits per heavy atom. The van der Waals surface area contributed by atoms with Gasteiger partial charge in [-0.1, -0.05) is 37.8 Å². The second kappa shape index (κ2) is 7.28. The number of amides is 1. The number of halogens is 1. The molecule has 0 spiro atoms. The SMILES string of the molecule is CCCCCC(C)NC(=O)c1cccnc1Cl. The number of carbonyl (C=O) groups excluding carboxylic acids is 1. The van der Waals surface area contributed by atoms with Crippen molar-refractivity contribution in [2.45, 2.75) is 45.6 Å². The number of hydrogen-bond acceptors (Lipinski definition) is 2. The molecule has 3 nitrogen and oxygen atoms in total. The Morgan fingerprint density at radius 1 is 1.53 bits per heavy atom. The Labute approximate surface area is 108 Å². The minimum absolute atomic E-state index is 0.146. The minimum atomic E-state index is -0.146. The smallest absolute Gasteiger partial charge is 0.254 e. The maximum absolute atomic E-state index is 11.9. The van der Waals surface area contributed by atoms with E-state index in [2.05, 4.69) is 17.2 Å². The lowest BCUT2D eigenvalue weighted by atomic mass is 10.1. The molecular weight excluding hydrogens is 236 g/mol. The van der Waals surface area contributed by atoms with Crippen LogP contribution >= 0.6 is 11.6 Å². The molecule has 1 amide bonds. The number of aromatic nitrogens is 1. The summed E-state index contributed by atoms with van der Waals surface area (Å²) in [4.78, 5) is 15.8. The van der Waals surface area contributed by atoms with Gasteiger partial charge in [-0.15, -0.1) is 0 Å². The number of hydrogen-bond donors (Lipinski definition) is 1. The molecule has 0 bridgehead atoms. The van der Waals surface area contributed by atoms with Crippen molar-refractivity contribution >= 4 is 17.5 Å². The van der Waals surface area contributed by atoms with Crippen molar-refractivity contribution < 1.29 is 4.79 Å². The van der Waals surface area contributed by atoms with E-state index in [1.165, 1.54) is 12.8 Å². The molecule has 4 heteroatoms. The summed E-state index contributed by atoms with van der Waals surface area (Å²) in [5.41, 5.74) is 0.441. The molecule has 1 aromatic rings. The van der Waals surface area contributed by atoms with E-state index in [1.54, 1.807) is 18.3 Å².